The van der Waals surface area contributed by atoms with Crippen molar-refractivity contribution in [2.75, 3.05) is 47.5 Å². The number of piperazine rings is 1. The van der Waals surface area contributed by atoms with Crippen molar-refractivity contribution in [3.05, 3.63) is 57.6 Å². The lowest BCUT2D eigenvalue weighted by Crippen LogP contribution is -3.27. The van der Waals surface area contributed by atoms with Gasteiger partial charge in [-0.2, -0.15) is 0 Å². The smallest absolute Gasteiger partial charge is 0.269 e. The van der Waals surface area contributed by atoms with Crippen LogP contribution in [0, 0.1) is 10.1 Å². The SMILES string of the molecule is COc1ccc(C[NH+]2CC[NH+]([C@H](C)c3cccc([N+](=O)[O-])c3)CC2)c(OC)c1OC. The highest BCUT2D eigenvalue weighted by Crippen LogP contribution is 2.39. The van der Waals surface area contributed by atoms with Gasteiger partial charge in [0.25, 0.3) is 5.69 Å². The maximum absolute atomic E-state index is 11.1. The molecule has 1 aliphatic heterocycles. The third-order valence-corrected chi connectivity index (χ3v) is 6.02. The monoisotopic (exact) mass is 417 g/mol. The molecule has 2 aromatic carbocycles. The zero-order valence-electron chi connectivity index (χ0n) is 18.1. The zero-order chi connectivity index (χ0) is 21.7. The molecule has 0 radical (unpaired) electrons. The summed E-state index contributed by atoms with van der Waals surface area (Å²) in [4.78, 5) is 13.7. The molecule has 1 heterocycles. The number of nitrogens with zero attached hydrogens (tertiary/aromatic N) is 1. The van der Waals surface area contributed by atoms with Crippen molar-refractivity contribution < 1.29 is 28.9 Å². The molecule has 1 atom stereocenters. The van der Waals surface area contributed by atoms with Crippen LogP contribution in [0.4, 0.5) is 5.69 Å². The van der Waals surface area contributed by atoms with Crippen LogP contribution in [0.1, 0.15) is 24.1 Å². The Morgan fingerprint density at radius 3 is 2.30 bits per heavy atom. The first-order valence-electron chi connectivity index (χ1n) is 10.2. The van der Waals surface area contributed by atoms with E-state index in [1.807, 2.05) is 18.2 Å². The van der Waals surface area contributed by atoms with Crippen molar-refractivity contribution in [3.8, 4) is 17.2 Å². The molecule has 162 valence electrons. The summed E-state index contributed by atoms with van der Waals surface area (Å²) in [6, 6.07) is 11.2. The number of nitro benzene ring substituents is 1. The Bertz CT molecular complexity index is 881. The van der Waals surface area contributed by atoms with E-state index >= 15 is 0 Å². The second-order valence-corrected chi connectivity index (χ2v) is 7.65. The van der Waals surface area contributed by atoms with Crippen LogP contribution < -0.4 is 24.0 Å². The molecule has 2 aromatic rings. The Balaban J connectivity index is 1.65. The normalized spacial score (nSPS) is 19.7. The highest BCUT2D eigenvalue weighted by molar-refractivity contribution is 5.55. The molecule has 0 unspecified atom stereocenters. The summed E-state index contributed by atoms with van der Waals surface area (Å²) >= 11 is 0. The van der Waals surface area contributed by atoms with Crippen molar-refractivity contribution in [3.63, 3.8) is 0 Å². The lowest BCUT2D eigenvalue weighted by Gasteiger charge is -2.33. The highest BCUT2D eigenvalue weighted by atomic mass is 16.6. The number of nitro groups is 1. The Morgan fingerprint density at radius 1 is 1.00 bits per heavy atom. The average molecular weight is 418 g/mol. The quantitative estimate of drug-likeness (QED) is 0.488. The van der Waals surface area contributed by atoms with Crippen molar-refractivity contribution in [2.45, 2.75) is 19.5 Å². The minimum atomic E-state index is -0.329. The van der Waals surface area contributed by atoms with Crippen LogP contribution >= 0.6 is 0 Å². The zero-order valence-corrected chi connectivity index (χ0v) is 18.1. The highest BCUT2D eigenvalue weighted by Gasteiger charge is 2.29. The Morgan fingerprint density at radius 2 is 1.70 bits per heavy atom. The summed E-state index contributed by atoms with van der Waals surface area (Å²) in [6.45, 7) is 7.06. The fourth-order valence-electron chi connectivity index (χ4n) is 4.25. The number of benzene rings is 2. The minimum Gasteiger partial charge on any atom is -0.493 e. The lowest BCUT2D eigenvalue weighted by atomic mass is 10.0. The van der Waals surface area contributed by atoms with Crippen LogP contribution in [-0.4, -0.2) is 52.4 Å². The minimum absolute atomic E-state index is 0.156. The van der Waals surface area contributed by atoms with Crippen molar-refractivity contribution in [2.24, 2.45) is 0 Å². The maximum Gasteiger partial charge on any atom is 0.269 e. The van der Waals surface area contributed by atoms with Crippen molar-refractivity contribution >= 4 is 5.69 Å². The molecule has 0 aromatic heterocycles. The summed E-state index contributed by atoms with van der Waals surface area (Å²) in [5, 5.41) is 11.1. The van der Waals surface area contributed by atoms with Gasteiger partial charge in [0.15, 0.2) is 11.5 Å². The predicted molar refractivity (Wildman–Crippen MR) is 113 cm³/mol. The van der Waals surface area contributed by atoms with Crippen LogP contribution in [0.5, 0.6) is 17.2 Å². The molecule has 0 spiro atoms. The van der Waals surface area contributed by atoms with E-state index in [0.717, 1.165) is 49.6 Å². The third kappa shape index (κ3) is 4.66. The molecular formula is C22H31N3O5+2. The molecule has 0 bridgehead atoms. The van der Waals surface area contributed by atoms with Gasteiger partial charge in [0.2, 0.25) is 5.75 Å². The first-order chi connectivity index (χ1) is 14.5. The number of non-ortho nitro benzene ring substituents is 1. The largest absolute Gasteiger partial charge is 0.493 e. The van der Waals surface area contributed by atoms with Gasteiger partial charge in [-0.1, -0.05) is 12.1 Å². The number of ether oxygens (including phenoxy) is 3. The van der Waals surface area contributed by atoms with Crippen LogP contribution in [0.3, 0.4) is 0 Å². The molecule has 1 saturated heterocycles. The molecule has 0 amide bonds. The fraction of sp³-hybridized carbons (Fsp3) is 0.455. The van der Waals surface area contributed by atoms with Gasteiger partial charge in [-0.05, 0) is 19.1 Å². The predicted octanol–water partition coefficient (Wildman–Crippen LogP) is 0.665. The first-order valence-corrected chi connectivity index (χ1v) is 10.2. The molecule has 3 rings (SSSR count). The van der Waals surface area contributed by atoms with Crippen molar-refractivity contribution in [1.29, 1.82) is 0 Å². The maximum atomic E-state index is 11.1. The molecule has 8 nitrogen and oxygen atoms in total. The van der Waals surface area contributed by atoms with Crippen LogP contribution in [0.15, 0.2) is 36.4 Å². The number of nitrogens with one attached hydrogen (secondary N) is 2. The number of rotatable bonds is 8. The van der Waals surface area contributed by atoms with E-state index in [1.165, 1.54) is 9.80 Å². The van der Waals surface area contributed by atoms with E-state index in [0.29, 0.717) is 11.5 Å². The second kappa shape index (κ2) is 9.77. The van der Waals surface area contributed by atoms with Gasteiger partial charge >= 0.3 is 0 Å². The number of hydrogen-bond donors (Lipinski definition) is 2. The summed E-state index contributed by atoms with van der Waals surface area (Å²) in [7, 11) is 4.89. The third-order valence-electron chi connectivity index (χ3n) is 6.02. The van der Waals surface area contributed by atoms with Gasteiger partial charge in [0.1, 0.15) is 38.8 Å². The molecule has 0 aliphatic carbocycles. The average Bonchev–Trinajstić information content (AvgIpc) is 2.78. The summed E-state index contributed by atoms with van der Waals surface area (Å²) in [5.74, 6) is 2.01. The Labute approximate surface area is 177 Å². The fourth-order valence-corrected chi connectivity index (χ4v) is 4.25. The standard InChI is InChI=1S/C22H29N3O5/c1-16(17-6-5-7-19(14-17)25(26)27)24-12-10-23(11-13-24)15-18-8-9-20(28-2)22(30-4)21(18)29-3/h5-9,14,16H,10-13,15H2,1-4H3/p+2/t16-/m1/s1. The molecule has 1 aliphatic rings. The van der Waals surface area contributed by atoms with E-state index in [1.54, 1.807) is 39.5 Å². The molecule has 8 heteroatoms. The van der Waals surface area contributed by atoms with Crippen LogP contribution in [-0.2, 0) is 6.54 Å². The number of quaternary nitrogens is 2. The van der Waals surface area contributed by atoms with Gasteiger partial charge in [-0.25, -0.2) is 0 Å². The van der Waals surface area contributed by atoms with Gasteiger partial charge in [0.05, 0.1) is 31.8 Å². The molecule has 1 fully saturated rings. The summed E-state index contributed by atoms with van der Waals surface area (Å²) in [5.41, 5.74) is 2.27. The van der Waals surface area contributed by atoms with Crippen LogP contribution in [0.2, 0.25) is 0 Å². The molecule has 2 N–H and O–H groups in total. The summed E-state index contributed by atoms with van der Waals surface area (Å²) < 4.78 is 16.5. The van der Waals surface area contributed by atoms with E-state index in [4.69, 9.17) is 14.2 Å². The van der Waals surface area contributed by atoms with Crippen LogP contribution in [0.25, 0.3) is 0 Å². The molecule has 30 heavy (non-hydrogen) atoms. The Hall–Kier alpha value is -2.84. The molecular weight excluding hydrogens is 386 g/mol. The lowest BCUT2D eigenvalue weighted by molar-refractivity contribution is -1.03. The number of methoxy groups -OCH3 is 3. The van der Waals surface area contributed by atoms with Gasteiger partial charge < -0.3 is 24.0 Å². The van der Waals surface area contributed by atoms with E-state index in [-0.39, 0.29) is 16.7 Å². The van der Waals surface area contributed by atoms with E-state index < -0.39 is 0 Å². The Kier molecular flexibility index (Phi) is 7.12. The second-order valence-electron chi connectivity index (χ2n) is 7.65. The topological polar surface area (TPSA) is 79.7 Å². The van der Waals surface area contributed by atoms with Gasteiger partial charge in [-0.15, -0.1) is 0 Å². The first kappa shape index (κ1) is 21.9. The molecule has 0 saturated carbocycles. The number of hydrogen-bond acceptors (Lipinski definition) is 5. The van der Waals surface area contributed by atoms with E-state index in [9.17, 15) is 10.1 Å². The van der Waals surface area contributed by atoms with Gasteiger partial charge in [-0.3, -0.25) is 10.1 Å². The van der Waals surface area contributed by atoms with Crippen molar-refractivity contribution in [1.82, 2.24) is 0 Å². The summed E-state index contributed by atoms with van der Waals surface area (Å²) in [6.07, 6.45) is 0. The van der Waals surface area contributed by atoms with Gasteiger partial charge in [0, 0.05) is 17.7 Å². The van der Waals surface area contributed by atoms with E-state index in [2.05, 4.69) is 6.92 Å².